The Morgan fingerprint density at radius 1 is 1.30 bits per heavy atom. The maximum absolute atomic E-state index is 13.4. The molecule has 0 aromatic heterocycles. The second-order valence-electron chi connectivity index (χ2n) is 6.16. The maximum atomic E-state index is 13.4. The zero-order valence-corrected chi connectivity index (χ0v) is 13.8. The summed E-state index contributed by atoms with van der Waals surface area (Å²) < 4.78 is 14.5. The van der Waals surface area contributed by atoms with Crippen molar-refractivity contribution in [1.29, 1.82) is 0 Å². The van der Waals surface area contributed by atoms with Gasteiger partial charge in [0, 0.05) is 4.47 Å². The van der Waals surface area contributed by atoms with Crippen molar-refractivity contribution in [3.63, 3.8) is 0 Å². The third-order valence-corrected chi connectivity index (χ3v) is 5.51. The molecule has 112 valence electrons. The van der Waals surface area contributed by atoms with E-state index >= 15 is 0 Å². The lowest BCUT2D eigenvalue weighted by Gasteiger charge is -2.36. The van der Waals surface area contributed by atoms with Crippen LogP contribution in [0, 0.1) is 23.6 Å². The van der Waals surface area contributed by atoms with E-state index in [9.17, 15) is 4.39 Å². The molecule has 0 spiro atoms. The van der Waals surface area contributed by atoms with Gasteiger partial charge in [-0.05, 0) is 67.3 Å². The molecule has 0 amide bonds. The van der Waals surface area contributed by atoms with Crippen LogP contribution in [0.5, 0.6) is 0 Å². The molecule has 2 N–H and O–H groups in total. The Labute approximate surface area is 130 Å². The Morgan fingerprint density at radius 2 is 2.10 bits per heavy atom. The summed E-state index contributed by atoms with van der Waals surface area (Å²) in [6.07, 6.45) is 7.32. The number of halogens is 2. The molecule has 1 nitrogen and oxygen atoms in total. The molecule has 3 heteroatoms. The molecular formula is C17H25BrFN. The van der Waals surface area contributed by atoms with Crippen molar-refractivity contribution >= 4 is 15.9 Å². The molecule has 3 atom stereocenters. The van der Waals surface area contributed by atoms with Crippen LogP contribution in [0.2, 0.25) is 0 Å². The van der Waals surface area contributed by atoms with Crippen molar-refractivity contribution in [2.75, 3.05) is 6.54 Å². The lowest BCUT2D eigenvalue weighted by Crippen LogP contribution is -2.31. The zero-order valence-electron chi connectivity index (χ0n) is 12.2. The molecule has 1 aromatic rings. The molecule has 0 aliphatic heterocycles. The first kappa shape index (κ1) is 16.0. The van der Waals surface area contributed by atoms with Gasteiger partial charge in [0.05, 0.1) is 0 Å². The van der Waals surface area contributed by atoms with Crippen LogP contribution in [0.15, 0.2) is 22.7 Å². The van der Waals surface area contributed by atoms with Gasteiger partial charge in [0.25, 0.3) is 0 Å². The highest BCUT2D eigenvalue weighted by atomic mass is 79.9. The first-order valence-electron chi connectivity index (χ1n) is 7.78. The maximum Gasteiger partial charge on any atom is 0.123 e. The average Bonchev–Trinajstić information content (AvgIpc) is 2.44. The van der Waals surface area contributed by atoms with E-state index < -0.39 is 0 Å². The van der Waals surface area contributed by atoms with E-state index in [-0.39, 0.29) is 5.82 Å². The van der Waals surface area contributed by atoms with Crippen LogP contribution >= 0.6 is 15.9 Å². The summed E-state index contributed by atoms with van der Waals surface area (Å²) in [7, 11) is 0. The highest BCUT2D eigenvalue weighted by Crippen LogP contribution is 2.38. The van der Waals surface area contributed by atoms with Crippen LogP contribution in [0.4, 0.5) is 4.39 Å². The Balaban J connectivity index is 2.09. The molecule has 1 aliphatic carbocycles. The third kappa shape index (κ3) is 4.05. The lowest BCUT2D eigenvalue weighted by atomic mass is 9.70. The highest BCUT2D eigenvalue weighted by molar-refractivity contribution is 9.10. The second kappa shape index (κ2) is 7.56. The summed E-state index contributed by atoms with van der Waals surface area (Å²) in [6, 6.07) is 4.99. The minimum atomic E-state index is -0.145. The lowest BCUT2D eigenvalue weighted by molar-refractivity contribution is 0.175. The van der Waals surface area contributed by atoms with Crippen molar-refractivity contribution in [2.45, 2.75) is 45.4 Å². The number of rotatable bonds is 5. The van der Waals surface area contributed by atoms with Crippen LogP contribution in [0.25, 0.3) is 0 Å². The van der Waals surface area contributed by atoms with E-state index in [0.29, 0.717) is 11.8 Å². The standard InChI is InChI=1S/C17H25BrFN/c1-2-3-12-4-5-13(11-20)14(8-12)9-15-10-16(19)6-7-17(15)18/h6-7,10,12-14H,2-5,8-9,11,20H2,1H3. The van der Waals surface area contributed by atoms with Gasteiger partial charge in [-0.2, -0.15) is 0 Å². The minimum Gasteiger partial charge on any atom is -0.330 e. The molecule has 2 rings (SSSR count). The molecule has 0 radical (unpaired) electrons. The van der Waals surface area contributed by atoms with Crippen molar-refractivity contribution in [1.82, 2.24) is 0 Å². The number of hydrogen-bond donors (Lipinski definition) is 1. The van der Waals surface area contributed by atoms with Crippen LogP contribution in [0.3, 0.4) is 0 Å². The van der Waals surface area contributed by atoms with Gasteiger partial charge in [0.2, 0.25) is 0 Å². The smallest absolute Gasteiger partial charge is 0.123 e. The first-order valence-corrected chi connectivity index (χ1v) is 8.57. The van der Waals surface area contributed by atoms with Gasteiger partial charge in [-0.1, -0.05) is 42.1 Å². The van der Waals surface area contributed by atoms with Crippen molar-refractivity contribution < 1.29 is 4.39 Å². The van der Waals surface area contributed by atoms with E-state index in [4.69, 9.17) is 5.73 Å². The summed E-state index contributed by atoms with van der Waals surface area (Å²) in [4.78, 5) is 0. The predicted molar refractivity (Wildman–Crippen MR) is 86.1 cm³/mol. The van der Waals surface area contributed by atoms with E-state index in [1.54, 1.807) is 6.07 Å². The Morgan fingerprint density at radius 3 is 2.80 bits per heavy atom. The molecule has 0 bridgehead atoms. The topological polar surface area (TPSA) is 26.0 Å². The van der Waals surface area contributed by atoms with Crippen LogP contribution in [-0.4, -0.2) is 6.54 Å². The number of benzene rings is 1. The minimum absolute atomic E-state index is 0.145. The molecule has 1 saturated carbocycles. The molecular weight excluding hydrogens is 317 g/mol. The molecule has 3 unspecified atom stereocenters. The molecule has 1 aliphatic rings. The van der Waals surface area contributed by atoms with E-state index in [2.05, 4.69) is 22.9 Å². The average molecular weight is 342 g/mol. The summed E-state index contributed by atoms with van der Waals surface area (Å²) in [5, 5.41) is 0. The number of nitrogens with two attached hydrogens (primary N) is 1. The third-order valence-electron chi connectivity index (χ3n) is 4.74. The quantitative estimate of drug-likeness (QED) is 0.807. The van der Waals surface area contributed by atoms with Crippen molar-refractivity contribution in [3.05, 3.63) is 34.1 Å². The van der Waals surface area contributed by atoms with Gasteiger partial charge in [-0.25, -0.2) is 4.39 Å². The van der Waals surface area contributed by atoms with Crippen LogP contribution in [-0.2, 0) is 6.42 Å². The van der Waals surface area contributed by atoms with Crippen LogP contribution < -0.4 is 5.73 Å². The molecule has 20 heavy (non-hydrogen) atoms. The van der Waals surface area contributed by atoms with Crippen molar-refractivity contribution in [2.24, 2.45) is 23.5 Å². The number of hydrogen-bond acceptors (Lipinski definition) is 1. The van der Waals surface area contributed by atoms with E-state index in [1.165, 1.54) is 38.2 Å². The Hall–Kier alpha value is -0.410. The van der Waals surface area contributed by atoms with Gasteiger partial charge in [0.1, 0.15) is 5.82 Å². The molecule has 0 saturated heterocycles. The summed E-state index contributed by atoms with van der Waals surface area (Å²) in [5.74, 6) is 1.88. The summed E-state index contributed by atoms with van der Waals surface area (Å²) in [5.41, 5.74) is 7.04. The zero-order chi connectivity index (χ0) is 14.5. The van der Waals surface area contributed by atoms with E-state index in [0.717, 1.165) is 28.9 Å². The normalized spacial score (nSPS) is 26.7. The van der Waals surface area contributed by atoms with Crippen molar-refractivity contribution in [3.8, 4) is 0 Å². The predicted octanol–water partition coefficient (Wildman–Crippen LogP) is 4.92. The summed E-state index contributed by atoms with van der Waals surface area (Å²) in [6.45, 7) is 3.02. The Bertz CT molecular complexity index is 435. The van der Waals surface area contributed by atoms with Crippen LogP contribution in [0.1, 0.15) is 44.6 Å². The fourth-order valence-electron chi connectivity index (χ4n) is 3.64. The SMILES string of the molecule is CCCC1CCC(CN)C(Cc2cc(F)ccc2Br)C1. The van der Waals surface area contributed by atoms with E-state index in [1.807, 2.05) is 6.07 Å². The fourth-order valence-corrected chi connectivity index (χ4v) is 4.05. The van der Waals surface area contributed by atoms with Gasteiger partial charge in [-0.15, -0.1) is 0 Å². The highest BCUT2D eigenvalue weighted by Gasteiger charge is 2.29. The molecule has 0 heterocycles. The molecule has 1 fully saturated rings. The summed E-state index contributed by atoms with van der Waals surface area (Å²) >= 11 is 3.55. The largest absolute Gasteiger partial charge is 0.330 e. The monoisotopic (exact) mass is 341 g/mol. The fraction of sp³-hybridized carbons (Fsp3) is 0.647. The Kier molecular flexibility index (Phi) is 6.03. The van der Waals surface area contributed by atoms with Gasteiger partial charge in [0.15, 0.2) is 0 Å². The first-order chi connectivity index (χ1) is 9.63. The second-order valence-corrected chi connectivity index (χ2v) is 7.02. The van der Waals surface area contributed by atoms with Gasteiger partial charge in [-0.3, -0.25) is 0 Å². The molecule has 1 aromatic carbocycles. The van der Waals surface area contributed by atoms with Gasteiger partial charge >= 0.3 is 0 Å². The van der Waals surface area contributed by atoms with Gasteiger partial charge < -0.3 is 5.73 Å².